The topological polar surface area (TPSA) is 54.4 Å². The van der Waals surface area contributed by atoms with Gasteiger partial charge in [0, 0.05) is 5.92 Å². The van der Waals surface area contributed by atoms with E-state index in [0.717, 1.165) is 5.56 Å². The van der Waals surface area contributed by atoms with Gasteiger partial charge in [-0.15, -0.1) is 0 Å². The van der Waals surface area contributed by atoms with E-state index in [2.05, 4.69) is 20.8 Å². The minimum absolute atomic E-state index is 0.0835. The first kappa shape index (κ1) is 14.5. The van der Waals surface area contributed by atoms with Crippen LogP contribution in [0.15, 0.2) is 24.3 Å². The van der Waals surface area contributed by atoms with Crippen molar-refractivity contribution in [3.8, 4) is 0 Å². The van der Waals surface area contributed by atoms with E-state index in [4.69, 9.17) is 0 Å². The molecular formula is C15H22O3S. The molecule has 1 heterocycles. The van der Waals surface area contributed by atoms with Crippen LogP contribution in [-0.4, -0.2) is 25.0 Å². The Morgan fingerprint density at radius 2 is 1.79 bits per heavy atom. The first-order valence-corrected chi connectivity index (χ1v) is 8.50. The third-order valence-electron chi connectivity index (χ3n) is 3.83. The Hall–Kier alpha value is -0.870. The van der Waals surface area contributed by atoms with Crippen molar-refractivity contribution < 1.29 is 13.5 Å². The largest absolute Gasteiger partial charge is 0.388 e. The highest BCUT2D eigenvalue weighted by molar-refractivity contribution is 7.91. The van der Waals surface area contributed by atoms with Crippen molar-refractivity contribution in [3.05, 3.63) is 35.4 Å². The zero-order valence-electron chi connectivity index (χ0n) is 11.8. The second kappa shape index (κ2) is 4.91. The smallest absolute Gasteiger partial charge is 0.150 e. The quantitative estimate of drug-likeness (QED) is 0.906. The third kappa shape index (κ3) is 3.37. The van der Waals surface area contributed by atoms with Gasteiger partial charge in [-0.1, -0.05) is 45.0 Å². The summed E-state index contributed by atoms with van der Waals surface area (Å²) < 4.78 is 22.9. The Morgan fingerprint density at radius 3 is 2.21 bits per heavy atom. The molecule has 3 nitrogen and oxygen atoms in total. The lowest BCUT2D eigenvalue weighted by molar-refractivity contribution is 0.121. The SMILES string of the molecule is CC(C)(C)c1ccc(C(O)C2CCS(=O)(=O)C2)cc1. The number of sulfone groups is 1. The second-order valence-electron chi connectivity index (χ2n) is 6.48. The van der Waals surface area contributed by atoms with Crippen LogP contribution in [0.2, 0.25) is 0 Å². The molecule has 4 heteroatoms. The van der Waals surface area contributed by atoms with Gasteiger partial charge in [0.15, 0.2) is 9.84 Å². The molecule has 1 aliphatic heterocycles. The van der Waals surface area contributed by atoms with Crippen LogP contribution in [0.4, 0.5) is 0 Å². The number of hydrogen-bond acceptors (Lipinski definition) is 3. The van der Waals surface area contributed by atoms with Crippen molar-refractivity contribution in [2.24, 2.45) is 5.92 Å². The van der Waals surface area contributed by atoms with Gasteiger partial charge in [0.2, 0.25) is 0 Å². The highest BCUT2D eigenvalue weighted by Crippen LogP contribution is 2.32. The van der Waals surface area contributed by atoms with E-state index < -0.39 is 15.9 Å². The summed E-state index contributed by atoms with van der Waals surface area (Å²) in [4.78, 5) is 0. The van der Waals surface area contributed by atoms with Crippen LogP contribution in [0.1, 0.15) is 44.4 Å². The van der Waals surface area contributed by atoms with Gasteiger partial charge >= 0.3 is 0 Å². The molecule has 106 valence electrons. The van der Waals surface area contributed by atoms with Crippen LogP contribution in [-0.2, 0) is 15.3 Å². The molecule has 1 saturated heterocycles. The highest BCUT2D eigenvalue weighted by atomic mass is 32.2. The third-order valence-corrected chi connectivity index (χ3v) is 5.63. The van der Waals surface area contributed by atoms with E-state index in [0.29, 0.717) is 6.42 Å². The molecule has 0 amide bonds. The molecule has 0 aliphatic carbocycles. The minimum atomic E-state index is -2.94. The van der Waals surface area contributed by atoms with Gasteiger partial charge in [0.25, 0.3) is 0 Å². The maximum Gasteiger partial charge on any atom is 0.150 e. The average Bonchev–Trinajstić information content (AvgIpc) is 2.68. The fourth-order valence-corrected chi connectivity index (χ4v) is 4.36. The van der Waals surface area contributed by atoms with Crippen LogP contribution >= 0.6 is 0 Å². The van der Waals surface area contributed by atoms with Crippen molar-refractivity contribution in [2.45, 2.75) is 38.7 Å². The minimum Gasteiger partial charge on any atom is -0.388 e. The highest BCUT2D eigenvalue weighted by Gasteiger charge is 2.33. The molecule has 2 rings (SSSR count). The van der Waals surface area contributed by atoms with Crippen molar-refractivity contribution in [2.75, 3.05) is 11.5 Å². The zero-order chi connectivity index (χ0) is 14.3. The van der Waals surface area contributed by atoms with Crippen molar-refractivity contribution in [1.29, 1.82) is 0 Å². The molecule has 1 aromatic rings. The summed E-state index contributed by atoms with van der Waals surface area (Å²) >= 11 is 0. The molecule has 2 atom stereocenters. The molecule has 1 aliphatic rings. The van der Waals surface area contributed by atoms with Crippen molar-refractivity contribution in [1.82, 2.24) is 0 Å². The van der Waals surface area contributed by atoms with Gasteiger partial charge in [-0.2, -0.15) is 0 Å². The molecule has 2 unspecified atom stereocenters. The van der Waals surface area contributed by atoms with Crippen molar-refractivity contribution in [3.63, 3.8) is 0 Å². The van der Waals surface area contributed by atoms with Crippen molar-refractivity contribution >= 4 is 9.84 Å². The Bertz CT molecular complexity index is 538. The average molecular weight is 282 g/mol. The summed E-state index contributed by atoms with van der Waals surface area (Å²) in [5.74, 6) is 0.148. The van der Waals surface area contributed by atoms with Crippen LogP contribution in [0, 0.1) is 5.92 Å². The van der Waals surface area contributed by atoms with E-state index in [-0.39, 0.29) is 22.8 Å². The number of aliphatic hydroxyl groups is 1. The van der Waals surface area contributed by atoms with E-state index in [1.165, 1.54) is 5.56 Å². The Morgan fingerprint density at radius 1 is 1.21 bits per heavy atom. The van der Waals surface area contributed by atoms with Crippen LogP contribution in [0.3, 0.4) is 0 Å². The fraction of sp³-hybridized carbons (Fsp3) is 0.600. The summed E-state index contributed by atoms with van der Waals surface area (Å²) in [6.45, 7) is 6.42. The van der Waals surface area contributed by atoms with Crippen LogP contribution in [0.5, 0.6) is 0 Å². The number of aliphatic hydroxyl groups excluding tert-OH is 1. The molecule has 19 heavy (non-hydrogen) atoms. The second-order valence-corrected chi connectivity index (χ2v) is 8.71. The Labute approximate surface area is 115 Å². The van der Waals surface area contributed by atoms with Gasteiger partial charge in [0.05, 0.1) is 17.6 Å². The number of hydrogen-bond donors (Lipinski definition) is 1. The van der Waals surface area contributed by atoms with Crippen LogP contribution in [0.25, 0.3) is 0 Å². The van der Waals surface area contributed by atoms with Gasteiger partial charge in [-0.25, -0.2) is 8.42 Å². The molecule has 0 aromatic heterocycles. The first-order chi connectivity index (χ1) is 8.69. The lowest BCUT2D eigenvalue weighted by Gasteiger charge is -2.21. The standard InChI is InChI=1S/C15H22O3S/c1-15(2,3)13-6-4-11(5-7-13)14(16)12-8-9-19(17,18)10-12/h4-7,12,14,16H,8-10H2,1-3H3. The van der Waals surface area contributed by atoms with E-state index >= 15 is 0 Å². The van der Waals surface area contributed by atoms with E-state index in [1.807, 2.05) is 24.3 Å². The number of benzene rings is 1. The normalized spacial score (nSPS) is 24.3. The van der Waals surface area contributed by atoms with Gasteiger partial charge in [-0.05, 0) is 23.0 Å². The van der Waals surface area contributed by atoms with Crippen LogP contribution < -0.4 is 0 Å². The van der Waals surface area contributed by atoms with E-state index in [1.54, 1.807) is 0 Å². The first-order valence-electron chi connectivity index (χ1n) is 6.68. The lowest BCUT2D eigenvalue weighted by Crippen LogP contribution is -2.15. The molecule has 1 fully saturated rings. The zero-order valence-corrected chi connectivity index (χ0v) is 12.6. The maximum absolute atomic E-state index is 11.5. The monoisotopic (exact) mass is 282 g/mol. The summed E-state index contributed by atoms with van der Waals surface area (Å²) in [5.41, 5.74) is 2.11. The molecule has 0 saturated carbocycles. The Kier molecular flexibility index (Phi) is 3.76. The molecule has 1 aromatic carbocycles. The predicted octanol–water partition coefficient (Wildman–Crippen LogP) is 2.45. The summed E-state index contributed by atoms with van der Waals surface area (Å²) in [7, 11) is -2.94. The Balaban J connectivity index is 2.15. The van der Waals surface area contributed by atoms with E-state index in [9.17, 15) is 13.5 Å². The summed E-state index contributed by atoms with van der Waals surface area (Å²) in [6, 6.07) is 7.86. The molecule has 0 spiro atoms. The molecule has 1 N–H and O–H groups in total. The molecule has 0 bridgehead atoms. The predicted molar refractivity (Wildman–Crippen MR) is 76.9 cm³/mol. The summed E-state index contributed by atoms with van der Waals surface area (Å²) in [6.07, 6.45) is -0.115. The summed E-state index contributed by atoms with van der Waals surface area (Å²) in [5, 5.41) is 10.3. The molecular weight excluding hydrogens is 260 g/mol. The number of rotatable bonds is 2. The maximum atomic E-state index is 11.5. The molecule has 0 radical (unpaired) electrons. The van der Waals surface area contributed by atoms with Gasteiger partial charge in [0.1, 0.15) is 0 Å². The fourth-order valence-electron chi connectivity index (χ4n) is 2.53. The van der Waals surface area contributed by atoms with Gasteiger partial charge in [-0.3, -0.25) is 0 Å². The lowest BCUT2D eigenvalue weighted by atomic mass is 9.85. The van der Waals surface area contributed by atoms with Gasteiger partial charge < -0.3 is 5.11 Å².